The van der Waals surface area contributed by atoms with E-state index in [9.17, 15) is 18.0 Å². The van der Waals surface area contributed by atoms with Crippen molar-refractivity contribution < 1.29 is 23.1 Å². The number of carboxylic acid groups (broad SMARTS) is 1. The van der Waals surface area contributed by atoms with Gasteiger partial charge < -0.3 is 10.8 Å². The molecule has 19 heavy (non-hydrogen) atoms. The van der Waals surface area contributed by atoms with Crippen molar-refractivity contribution in [1.82, 2.24) is 4.72 Å². The molecule has 1 amide bonds. The molecule has 0 aliphatic heterocycles. The van der Waals surface area contributed by atoms with Crippen LogP contribution >= 0.6 is 27.3 Å². The number of hydrogen-bond acceptors (Lipinski definition) is 5. The summed E-state index contributed by atoms with van der Waals surface area (Å²) in [6, 6.07) is -0.216. The van der Waals surface area contributed by atoms with Crippen LogP contribution in [-0.4, -0.2) is 31.4 Å². The molecule has 106 valence electrons. The number of sulfonamides is 1. The number of nitrogens with two attached hydrogens (primary N) is 1. The molecule has 1 aromatic heterocycles. The van der Waals surface area contributed by atoms with Gasteiger partial charge in [0.25, 0.3) is 0 Å². The highest BCUT2D eigenvalue weighted by atomic mass is 79.9. The van der Waals surface area contributed by atoms with E-state index in [1.54, 1.807) is 6.92 Å². The second kappa shape index (κ2) is 5.99. The van der Waals surface area contributed by atoms with Crippen molar-refractivity contribution >= 4 is 49.2 Å². The summed E-state index contributed by atoms with van der Waals surface area (Å²) in [6.45, 7) is 1.59. The van der Waals surface area contributed by atoms with Crippen LogP contribution in [0.4, 0.5) is 0 Å². The second-order valence-corrected chi connectivity index (χ2v) is 7.97. The monoisotopic (exact) mass is 370 g/mol. The van der Waals surface area contributed by atoms with Gasteiger partial charge in [-0.2, -0.15) is 4.72 Å². The predicted molar refractivity (Wildman–Crippen MR) is 72.3 cm³/mol. The molecule has 1 heterocycles. The van der Waals surface area contributed by atoms with E-state index >= 15 is 0 Å². The number of aliphatic carboxylic acids is 1. The minimum absolute atomic E-state index is 0.0277. The molecule has 0 spiro atoms. The van der Waals surface area contributed by atoms with Crippen molar-refractivity contribution in [3.05, 3.63) is 14.7 Å². The van der Waals surface area contributed by atoms with Gasteiger partial charge in [0.1, 0.15) is 6.04 Å². The number of primary amides is 1. The Balaban J connectivity index is 3.04. The number of amides is 1. The first-order valence-corrected chi connectivity index (χ1v) is 8.02. The fourth-order valence-corrected chi connectivity index (χ4v) is 4.93. The lowest BCUT2D eigenvalue weighted by atomic mass is 10.2. The molecule has 0 aliphatic rings. The summed E-state index contributed by atoms with van der Waals surface area (Å²) in [5.41, 5.74) is 4.88. The molecule has 0 radical (unpaired) electrons. The third-order valence-corrected chi connectivity index (χ3v) is 5.41. The molecule has 0 aliphatic carbocycles. The van der Waals surface area contributed by atoms with Crippen molar-refractivity contribution in [2.75, 3.05) is 0 Å². The molecule has 0 saturated heterocycles. The molecule has 10 heteroatoms. The minimum Gasteiger partial charge on any atom is -0.480 e. The number of aryl methyl sites for hydroxylation is 1. The Bertz CT molecular complexity index is 610. The lowest BCUT2D eigenvalue weighted by Gasteiger charge is -2.12. The zero-order chi connectivity index (χ0) is 14.8. The highest BCUT2D eigenvalue weighted by Gasteiger charge is 2.28. The average molecular weight is 371 g/mol. The molecule has 4 N–H and O–H groups in total. The van der Waals surface area contributed by atoms with Crippen molar-refractivity contribution in [3.63, 3.8) is 0 Å². The van der Waals surface area contributed by atoms with Crippen LogP contribution in [0.3, 0.4) is 0 Å². The minimum atomic E-state index is -4.02. The Kier molecular flexibility index (Phi) is 5.07. The van der Waals surface area contributed by atoms with Crippen LogP contribution in [0.2, 0.25) is 0 Å². The number of thiophene rings is 1. The number of rotatable bonds is 6. The summed E-state index contributed by atoms with van der Waals surface area (Å²) in [4.78, 5) is 22.1. The maximum absolute atomic E-state index is 12.0. The summed E-state index contributed by atoms with van der Waals surface area (Å²) >= 11 is 4.35. The third-order valence-electron chi connectivity index (χ3n) is 2.13. The highest BCUT2D eigenvalue weighted by Crippen LogP contribution is 2.29. The number of hydrogen-bond donors (Lipinski definition) is 3. The lowest BCUT2D eigenvalue weighted by molar-refractivity contribution is -0.140. The summed E-state index contributed by atoms with van der Waals surface area (Å²) in [7, 11) is -4.02. The molecule has 0 saturated carbocycles. The normalized spacial score (nSPS) is 13.2. The van der Waals surface area contributed by atoms with E-state index in [2.05, 4.69) is 15.9 Å². The zero-order valence-corrected chi connectivity index (χ0v) is 12.9. The van der Waals surface area contributed by atoms with Gasteiger partial charge in [-0.1, -0.05) is 0 Å². The second-order valence-electron chi connectivity index (χ2n) is 3.65. The van der Waals surface area contributed by atoms with Gasteiger partial charge in [-0.3, -0.25) is 9.59 Å². The maximum atomic E-state index is 12.0. The summed E-state index contributed by atoms with van der Waals surface area (Å²) in [6.07, 6.45) is -0.612. The van der Waals surface area contributed by atoms with Gasteiger partial charge in [-0.05, 0) is 28.9 Å². The van der Waals surface area contributed by atoms with E-state index in [1.165, 1.54) is 17.4 Å². The molecule has 1 rings (SSSR count). The zero-order valence-electron chi connectivity index (χ0n) is 9.71. The van der Waals surface area contributed by atoms with Crippen LogP contribution in [0.5, 0.6) is 0 Å². The first-order chi connectivity index (χ1) is 8.63. The van der Waals surface area contributed by atoms with Gasteiger partial charge in [0.2, 0.25) is 15.9 Å². The molecular formula is C9H11BrN2O5S2. The van der Waals surface area contributed by atoms with Crippen molar-refractivity contribution in [1.29, 1.82) is 0 Å². The van der Waals surface area contributed by atoms with Crippen molar-refractivity contribution in [3.8, 4) is 0 Å². The number of carbonyl (C=O) groups is 2. The maximum Gasteiger partial charge on any atom is 0.322 e. The third kappa shape index (κ3) is 4.27. The Hall–Kier alpha value is -0.970. The first-order valence-electron chi connectivity index (χ1n) is 4.93. The molecule has 0 fully saturated rings. The van der Waals surface area contributed by atoms with E-state index < -0.39 is 34.4 Å². The van der Waals surface area contributed by atoms with E-state index in [0.717, 1.165) is 0 Å². The van der Waals surface area contributed by atoms with Crippen LogP contribution in [-0.2, 0) is 19.6 Å². The van der Waals surface area contributed by atoms with Crippen LogP contribution in [0, 0.1) is 6.92 Å². The lowest BCUT2D eigenvalue weighted by Crippen LogP contribution is -2.43. The molecule has 0 aromatic carbocycles. The van der Waals surface area contributed by atoms with Gasteiger partial charge >= 0.3 is 5.97 Å². The topological polar surface area (TPSA) is 127 Å². The Morgan fingerprint density at radius 2 is 2.16 bits per heavy atom. The van der Waals surface area contributed by atoms with Crippen molar-refractivity contribution in [2.24, 2.45) is 5.73 Å². The molecule has 7 nitrogen and oxygen atoms in total. The smallest absolute Gasteiger partial charge is 0.322 e. The predicted octanol–water partition coefficient (Wildman–Crippen LogP) is 0.426. The van der Waals surface area contributed by atoms with E-state index in [4.69, 9.17) is 10.8 Å². The van der Waals surface area contributed by atoms with Crippen LogP contribution < -0.4 is 10.5 Å². The Labute approximate surface area is 122 Å². The van der Waals surface area contributed by atoms with Crippen molar-refractivity contribution in [2.45, 2.75) is 24.3 Å². The first kappa shape index (κ1) is 16.1. The average Bonchev–Trinajstić information content (AvgIpc) is 2.56. The number of carboxylic acids is 1. The highest BCUT2D eigenvalue weighted by molar-refractivity contribution is 9.11. The van der Waals surface area contributed by atoms with E-state index in [0.29, 0.717) is 8.66 Å². The number of nitrogens with one attached hydrogen (secondary N) is 1. The van der Waals surface area contributed by atoms with Gasteiger partial charge in [0, 0.05) is 4.88 Å². The van der Waals surface area contributed by atoms with Crippen LogP contribution in [0.15, 0.2) is 14.7 Å². The largest absolute Gasteiger partial charge is 0.480 e. The fourth-order valence-electron chi connectivity index (χ4n) is 1.33. The van der Waals surface area contributed by atoms with Gasteiger partial charge in [0.05, 0.1) is 15.1 Å². The summed E-state index contributed by atoms with van der Waals surface area (Å²) in [5, 5.41) is 8.87. The Morgan fingerprint density at radius 3 is 2.53 bits per heavy atom. The molecular weight excluding hydrogens is 360 g/mol. The fraction of sp³-hybridized carbons (Fsp3) is 0.333. The van der Waals surface area contributed by atoms with E-state index in [1.807, 2.05) is 4.72 Å². The summed E-state index contributed by atoms with van der Waals surface area (Å²) < 4.78 is 26.6. The molecule has 0 bridgehead atoms. The SMILES string of the molecule is Cc1sc(Br)cc1S(=O)(=O)N[C@H](CC(N)=O)C(=O)O. The standard InChI is InChI=1S/C9H11BrN2O5S2/c1-4-6(3-7(10)18-4)19(16,17)12-5(9(14)15)2-8(11)13/h3,5,12H,2H2,1H3,(H2,11,13)(H,14,15)/t5-/m1/s1. The molecule has 1 aromatic rings. The van der Waals surface area contributed by atoms with E-state index in [-0.39, 0.29) is 4.90 Å². The van der Waals surface area contributed by atoms with Crippen LogP contribution in [0.25, 0.3) is 0 Å². The summed E-state index contributed by atoms with van der Waals surface area (Å²) in [5.74, 6) is -2.37. The van der Waals surface area contributed by atoms with Gasteiger partial charge in [-0.15, -0.1) is 11.3 Å². The molecule has 1 atom stereocenters. The quantitative estimate of drug-likeness (QED) is 0.668. The van der Waals surface area contributed by atoms with Crippen LogP contribution in [0.1, 0.15) is 11.3 Å². The number of halogens is 1. The Morgan fingerprint density at radius 1 is 1.58 bits per heavy atom. The number of carbonyl (C=O) groups excluding carboxylic acids is 1. The van der Waals surface area contributed by atoms with Gasteiger partial charge in [0.15, 0.2) is 0 Å². The van der Waals surface area contributed by atoms with Gasteiger partial charge in [-0.25, -0.2) is 8.42 Å². The molecule has 0 unspecified atom stereocenters.